The molecule has 0 bridgehead atoms. The Morgan fingerprint density at radius 3 is 2.59 bits per heavy atom. The number of aliphatic hydroxyl groups excluding tert-OH is 1. The van der Waals surface area contributed by atoms with Crippen LogP contribution in [0.5, 0.6) is 0 Å². The van der Waals surface area contributed by atoms with Crippen LogP contribution < -0.4 is 11.1 Å². The fourth-order valence-electron chi connectivity index (χ4n) is 4.17. The zero-order chi connectivity index (χ0) is 22.5. The molecule has 6 nitrogen and oxygen atoms in total. The van der Waals surface area contributed by atoms with Crippen molar-refractivity contribution in [3.8, 4) is 0 Å². The molecular weight excluding hydrogens is 418 g/mol. The molecule has 32 heavy (non-hydrogen) atoms. The number of nitrogens with two attached hydrogens (primary N) is 1. The number of aryl methyl sites for hydroxylation is 1. The van der Waals surface area contributed by atoms with Crippen LogP contribution in [-0.4, -0.2) is 32.3 Å². The Morgan fingerprint density at radius 1 is 1.09 bits per heavy atom. The number of benzene rings is 1. The van der Waals surface area contributed by atoms with E-state index in [1.54, 1.807) is 11.3 Å². The second kappa shape index (κ2) is 10.4. The van der Waals surface area contributed by atoms with Crippen molar-refractivity contribution in [1.29, 1.82) is 0 Å². The summed E-state index contributed by atoms with van der Waals surface area (Å²) >= 11 is 1.70. The number of imidazole rings is 1. The molecule has 0 radical (unpaired) electrons. The summed E-state index contributed by atoms with van der Waals surface area (Å²) in [5.41, 5.74) is 11.6. The average Bonchev–Trinajstić information content (AvgIpc) is 3.41. The van der Waals surface area contributed by atoms with Crippen LogP contribution in [0, 0.1) is 0 Å². The van der Waals surface area contributed by atoms with Gasteiger partial charge in [-0.05, 0) is 35.4 Å². The third-order valence-electron chi connectivity index (χ3n) is 5.96. The van der Waals surface area contributed by atoms with E-state index in [-0.39, 0.29) is 12.6 Å². The monoisotopic (exact) mass is 451 g/mol. The molecule has 3 aromatic heterocycles. The molecule has 3 heterocycles. The van der Waals surface area contributed by atoms with E-state index in [1.165, 1.54) is 11.1 Å². The van der Waals surface area contributed by atoms with Crippen LogP contribution in [0.3, 0.4) is 0 Å². The molecule has 7 heteroatoms. The van der Waals surface area contributed by atoms with Gasteiger partial charge in [0.05, 0.1) is 22.3 Å². The molecule has 0 unspecified atom stereocenters. The Bertz CT molecular complexity index is 1160. The average molecular weight is 452 g/mol. The van der Waals surface area contributed by atoms with Crippen molar-refractivity contribution in [3.63, 3.8) is 0 Å². The van der Waals surface area contributed by atoms with E-state index in [4.69, 9.17) is 10.7 Å². The standard InChI is InChI=1S/C25H33N5OS/c1-3-5-7-21-29-22-23(24-20(12-13-32-24)28-25(22)26)30(21)15-18-10-8-17(9-11-18)14-27-19(16-31)6-4-2/h8-13,19,27,31H,3-7,14-16H2,1-2H3,(H2,26,28)/t19-/m0/s1. The quantitative estimate of drug-likeness (QED) is 0.303. The Labute approximate surface area is 193 Å². The second-order valence-electron chi connectivity index (χ2n) is 8.41. The summed E-state index contributed by atoms with van der Waals surface area (Å²) in [5, 5.41) is 15.0. The van der Waals surface area contributed by atoms with Crippen LogP contribution in [0.25, 0.3) is 21.3 Å². The number of fused-ring (bicyclic) bond motifs is 3. The van der Waals surface area contributed by atoms with Gasteiger partial charge in [0.1, 0.15) is 11.3 Å². The summed E-state index contributed by atoms with van der Waals surface area (Å²) in [6.45, 7) is 6.04. The van der Waals surface area contributed by atoms with Crippen molar-refractivity contribution in [2.45, 2.75) is 65.1 Å². The number of hydrogen-bond acceptors (Lipinski definition) is 6. The van der Waals surface area contributed by atoms with E-state index in [0.717, 1.165) is 72.3 Å². The van der Waals surface area contributed by atoms with Crippen molar-refractivity contribution in [2.75, 3.05) is 12.3 Å². The molecule has 1 atom stereocenters. The topological polar surface area (TPSA) is 89.0 Å². The van der Waals surface area contributed by atoms with E-state index in [9.17, 15) is 5.11 Å². The number of nitrogens with one attached hydrogen (secondary N) is 1. The number of nitrogens with zero attached hydrogens (tertiary/aromatic N) is 3. The molecular formula is C25H33N5OS. The SMILES string of the molecule is CCCCc1nc2c(N)nc3ccsc3c2n1Cc1ccc(CN[C@H](CO)CCC)cc1. The third-order valence-corrected chi connectivity index (χ3v) is 6.87. The first-order valence-electron chi connectivity index (χ1n) is 11.6. The summed E-state index contributed by atoms with van der Waals surface area (Å²) in [6.07, 6.45) is 5.20. The highest BCUT2D eigenvalue weighted by Crippen LogP contribution is 2.33. The van der Waals surface area contributed by atoms with E-state index in [0.29, 0.717) is 5.82 Å². The lowest BCUT2D eigenvalue weighted by atomic mass is 10.1. The number of hydrogen-bond donors (Lipinski definition) is 3. The number of unbranched alkanes of at least 4 members (excludes halogenated alkanes) is 1. The number of nitrogen functional groups attached to an aromatic ring is 1. The zero-order valence-corrected chi connectivity index (χ0v) is 19.8. The van der Waals surface area contributed by atoms with Crippen molar-refractivity contribution >= 4 is 38.4 Å². The lowest BCUT2D eigenvalue weighted by molar-refractivity contribution is 0.234. The summed E-state index contributed by atoms with van der Waals surface area (Å²) in [7, 11) is 0. The van der Waals surface area contributed by atoms with Gasteiger partial charge < -0.3 is 20.7 Å². The molecule has 0 aliphatic heterocycles. The van der Waals surface area contributed by atoms with Crippen molar-refractivity contribution in [1.82, 2.24) is 19.9 Å². The molecule has 0 saturated heterocycles. The predicted octanol–water partition coefficient (Wildman–Crippen LogP) is 4.87. The highest BCUT2D eigenvalue weighted by Gasteiger charge is 2.18. The van der Waals surface area contributed by atoms with Crippen LogP contribution in [-0.2, 0) is 19.5 Å². The van der Waals surface area contributed by atoms with Gasteiger partial charge in [-0.15, -0.1) is 11.3 Å². The molecule has 170 valence electrons. The van der Waals surface area contributed by atoms with Gasteiger partial charge in [-0.1, -0.05) is 51.0 Å². The molecule has 0 saturated carbocycles. The molecule has 4 aromatic rings. The maximum atomic E-state index is 9.49. The number of rotatable bonds is 11. The van der Waals surface area contributed by atoms with Gasteiger partial charge in [-0.3, -0.25) is 0 Å². The van der Waals surface area contributed by atoms with Crippen molar-refractivity contribution in [3.05, 3.63) is 52.7 Å². The Hall–Kier alpha value is -2.48. The van der Waals surface area contributed by atoms with Gasteiger partial charge in [0.15, 0.2) is 5.82 Å². The summed E-state index contributed by atoms with van der Waals surface area (Å²) < 4.78 is 3.48. The van der Waals surface area contributed by atoms with Gasteiger partial charge >= 0.3 is 0 Å². The summed E-state index contributed by atoms with van der Waals surface area (Å²) in [5.74, 6) is 1.58. The first-order valence-corrected chi connectivity index (χ1v) is 12.5. The molecule has 1 aromatic carbocycles. The van der Waals surface area contributed by atoms with Gasteiger partial charge in [-0.2, -0.15) is 0 Å². The fourth-order valence-corrected chi connectivity index (χ4v) is 5.05. The summed E-state index contributed by atoms with van der Waals surface area (Å²) in [6, 6.07) is 10.9. The van der Waals surface area contributed by atoms with Gasteiger partial charge in [-0.25, -0.2) is 9.97 Å². The Balaban J connectivity index is 1.61. The minimum Gasteiger partial charge on any atom is -0.395 e. The first kappa shape index (κ1) is 22.7. The van der Waals surface area contributed by atoms with Crippen molar-refractivity contribution < 1.29 is 5.11 Å². The Morgan fingerprint density at radius 2 is 1.88 bits per heavy atom. The first-order chi connectivity index (χ1) is 15.6. The van der Waals surface area contributed by atoms with Crippen LogP contribution in [0.4, 0.5) is 5.82 Å². The van der Waals surface area contributed by atoms with E-state index < -0.39 is 0 Å². The maximum Gasteiger partial charge on any atom is 0.152 e. The lowest BCUT2D eigenvalue weighted by Gasteiger charge is -2.15. The van der Waals surface area contributed by atoms with Crippen molar-refractivity contribution in [2.24, 2.45) is 0 Å². The van der Waals surface area contributed by atoms with E-state index >= 15 is 0 Å². The molecule has 0 spiro atoms. The lowest BCUT2D eigenvalue weighted by Crippen LogP contribution is -2.31. The fraction of sp³-hybridized carbons (Fsp3) is 0.440. The van der Waals surface area contributed by atoms with Crippen LogP contribution in [0.1, 0.15) is 56.5 Å². The van der Waals surface area contributed by atoms with Gasteiger partial charge in [0.25, 0.3) is 0 Å². The number of aliphatic hydroxyl groups is 1. The molecule has 0 fully saturated rings. The van der Waals surface area contributed by atoms with E-state index in [1.807, 2.05) is 6.07 Å². The second-order valence-corrected chi connectivity index (χ2v) is 9.33. The van der Waals surface area contributed by atoms with E-state index in [2.05, 4.69) is 58.4 Å². The highest BCUT2D eigenvalue weighted by molar-refractivity contribution is 7.18. The minimum absolute atomic E-state index is 0.158. The maximum absolute atomic E-state index is 9.49. The highest BCUT2D eigenvalue weighted by atomic mass is 32.1. The zero-order valence-electron chi connectivity index (χ0n) is 19.0. The Kier molecular flexibility index (Phi) is 7.40. The predicted molar refractivity (Wildman–Crippen MR) is 134 cm³/mol. The summed E-state index contributed by atoms with van der Waals surface area (Å²) in [4.78, 5) is 9.48. The third kappa shape index (κ3) is 4.80. The normalized spacial score (nSPS) is 12.7. The van der Waals surface area contributed by atoms with Gasteiger partial charge in [0, 0.05) is 25.6 Å². The van der Waals surface area contributed by atoms with Crippen LogP contribution >= 0.6 is 11.3 Å². The van der Waals surface area contributed by atoms with Gasteiger partial charge in [0.2, 0.25) is 0 Å². The molecule has 4 N–H and O–H groups in total. The smallest absolute Gasteiger partial charge is 0.152 e. The molecule has 0 aliphatic carbocycles. The number of anilines is 1. The van der Waals surface area contributed by atoms with Crippen LogP contribution in [0.15, 0.2) is 35.7 Å². The number of aromatic nitrogens is 3. The molecule has 0 aliphatic rings. The largest absolute Gasteiger partial charge is 0.395 e. The molecule has 0 amide bonds. The van der Waals surface area contributed by atoms with Crippen LogP contribution in [0.2, 0.25) is 0 Å². The number of pyridine rings is 1. The minimum atomic E-state index is 0.158. The number of thiophene rings is 1. The molecule has 4 rings (SSSR count).